The average Bonchev–Trinajstić information content (AvgIpc) is 3.72. The van der Waals surface area contributed by atoms with Crippen LogP contribution < -0.4 is 5.32 Å². The maximum Gasteiger partial charge on any atom is 0.435 e. The summed E-state index contributed by atoms with van der Waals surface area (Å²) in [5, 5.41) is 27.5. The van der Waals surface area contributed by atoms with Gasteiger partial charge in [0.15, 0.2) is 5.69 Å². The van der Waals surface area contributed by atoms with Crippen LogP contribution in [0.3, 0.4) is 0 Å². The Kier molecular flexibility index (Phi) is 7.76. The van der Waals surface area contributed by atoms with Gasteiger partial charge in [0, 0.05) is 30.4 Å². The van der Waals surface area contributed by atoms with E-state index in [0.717, 1.165) is 6.07 Å². The maximum atomic E-state index is 14.2. The topological polar surface area (TPSA) is 122 Å². The molecule has 44 heavy (non-hydrogen) atoms. The van der Waals surface area contributed by atoms with E-state index in [1.807, 2.05) is 0 Å². The van der Waals surface area contributed by atoms with E-state index in [-0.39, 0.29) is 47.2 Å². The van der Waals surface area contributed by atoms with Crippen molar-refractivity contribution in [3.8, 4) is 0 Å². The van der Waals surface area contributed by atoms with Gasteiger partial charge in [0.25, 0.3) is 5.91 Å². The highest BCUT2D eigenvalue weighted by molar-refractivity contribution is 6.31. The molecule has 3 fully saturated rings. The van der Waals surface area contributed by atoms with Crippen LogP contribution in [0.1, 0.15) is 90.8 Å². The van der Waals surface area contributed by atoms with Gasteiger partial charge in [-0.2, -0.15) is 18.3 Å². The van der Waals surface area contributed by atoms with Crippen LogP contribution in [0.25, 0.3) is 0 Å². The molecule has 3 N–H and O–H groups in total. The Bertz CT molecular complexity index is 1580. The number of nitrogens with one attached hydrogen (secondary N) is 1. The first kappa shape index (κ1) is 30.6. The summed E-state index contributed by atoms with van der Waals surface area (Å²) >= 11 is 5.85. The van der Waals surface area contributed by atoms with Gasteiger partial charge in [-0.15, -0.1) is 0 Å². The van der Waals surface area contributed by atoms with Crippen molar-refractivity contribution in [3.05, 3.63) is 64.2 Å². The van der Waals surface area contributed by atoms with Gasteiger partial charge in [-0.25, -0.2) is 9.37 Å². The first-order valence-corrected chi connectivity index (χ1v) is 15.0. The molecule has 3 saturated carbocycles. The average molecular weight is 638 g/mol. The quantitative estimate of drug-likeness (QED) is 0.273. The second-order valence-corrected chi connectivity index (χ2v) is 12.9. The summed E-state index contributed by atoms with van der Waals surface area (Å²) in [6.07, 6.45) is 0.923. The lowest BCUT2D eigenvalue weighted by Crippen LogP contribution is -2.26. The van der Waals surface area contributed by atoms with Gasteiger partial charge >= 0.3 is 12.1 Å². The number of aromatic nitrogens is 4. The van der Waals surface area contributed by atoms with Crippen molar-refractivity contribution in [1.82, 2.24) is 19.3 Å². The van der Waals surface area contributed by atoms with Crippen molar-refractivity contribution in [3.63, 3.8) is 0 Å². The molecule has 1 amide bonds. The molecular formula is C30H32ClF4N5O4. The van der Waals surface area contributed by atoms with Crippen LogP contribution in [-0.2, 0) is 23.6 Å². The fraction of sp³-hybridized carbons (Fsp3) is 0.533. The molecule has 0 radical (unpaired) electrons. The summed E-state index contributed by atoms with van der Waals surface area (Å²) in [7, 11) is 1.68. The molecule has 0 saturated heterocycles. The fourth-order valence-electron chi connectivity index (χ4n) is 7.61. The van der Waals surface area contributed by atoms with E-state index < -0.39 is 41.1 Å². The Balaban J connectivity index is 1.18. The fourth-order valence-corrected chi connectivity index (χ4v) is 7.79. The largest absolute Gasteiger partial charge is 0.481 e. The van der Waals surface area contributed by atoms with E-state index in [0.29, 0.717) is 55.6 Å². The molecule has 3 aliphatic rings. The lowest BCUT2D eigenvalue weighted by atomic mass is 9.86. The van der Waals surface area contributed by atoms with Gasteiger partial charge in [0.2, 0.25) is 0 Å². The summed E-state index contributed by atoms with van der Waals surface area (Å²) in [6, 6.07) is 3.49. The minimum atomic E-state index is -4.76. The van der Waals surface area contributed by atoms with Crippen molar-refractivity contribution >= 4 is 29.2 Å². The molecule has 9 nitrogen and oxygen atoms in total. The van der Waals surface area contributed by atoms with Crippen LogP contribution in [0.4, 0.5) is 23.2 Å². The molecule has 3 aliphatic carbocycles. The zero-order chi connectivity index (χ0) is 31.6. The van der Waals surface area contributed by atoms with E-state index in [1.54, 1.807) is 11.6 Å². The third kappa shape index (κ3) is 5.60. The summed E-state index contributed by atoms with van der Waals surface area (Å²) in [5.41, 5.74) is -1.83. The van der Waals surface area contributed by atoms with Crippen LogP contribution in [0.15, 0.2) is 30.7 Å². The van der Waals surface area contributed by atoms with E-state index in [1.165, 1.54) is 29.3 Å². The maximum absolute atomic E-state index is 14.2. The zero-order valence-corrected chi connectivity index (χ0v) is 24.6. The van der Waals surface area contributed by atoms with E-state index >= 15 is 0 Å². The van der Waals surface area contributed by atoms with Crippen LogP contribution in [0.5, 0.6) is 0 Å². The normalized spacial score (nSPS) is 28.7. The molecule has 14 heteroatoms. The third-order valence-electron chi connectivity index (χ3n) is 9.71. The Morgan fingerprint density at radius 3 is 2.36 bits per heavy atom. The van der Waals surface area contributed by atoms with Gasteiger partial charge in [-0.05, 0) is 81.4 Å². The zero-order valence-electron chi connectivity index (χ0n) is 23.8. The number of aliphatic carboxylic acids is 1. The molecule has 3 aromatic rings. The summed E-state index contributed by atoms with van der Waals surface area (Å²) in [5.74, 6) is -2.79. The highest BCUT2D eigenvalue weighted by atomic mass is 35.5. The Morgan fingerprint density at radius 1 is 1.11 bits per heavy atom. The number of carboxylic acids is 1. The second kappa shape index (κ2) is 11.2. The molecule has 2 aromatic heterocycles. The van der Waals surface area contributed by atoms with E-state index in [4.69, 9.17) is 11.6 Å². The van der Waals surface area contributed by atoms with Crippen LogP contribution in [-0.4, -0.2) is 41.4 Å². The summed E-state index contributed by atoms with van der Waals surface area (Å²) < 4.78 is 59.0. The highest BCUT2D eigenvalue weighted by Crippen LogP contribution is 2.58. The number of nitrogens with zero attached hydrogens (tertiary/aromatic N) is 4. The van der Waals surface area contributed by atoms with Gasteiger partial charge < -0.3 is 20.1 Å². The van der Waals surface area contributed by atoms with E-state index in [9.17, 15) is 37.4 Å². The molecule has 0 aliphatic heterocycles. The smallest absolute Gasteiger partial charge is 0.435 e. The van der Waals surface area contributed by atoms with Crippen molar-refractivity contribution < 1.29 is 37.4 Å². The monoisotopic (exact) mass is 637 g/mol. The minimum Gasteiger partial charge on any atom is -0.481 e. The number of imidazole rings is 1. The number of aliphatic hydroxyl groups is 1. The van der Waals surface area contributed by atoms with Crippen molar-refractivity contribution in [1.29, 1.82) is 0 Å². The number of amides is 1. The lowest BCUT2D eigenvalue weighted by Gasteiger charge is -2.27. The Labute approximate surface area is 255 Å². The first-order chi connectivity index (χ1) is 20.7. The first-order valence-electron chi connectivity index (χ1n) is 14.6. The van der Waals surface area contributed by atoms with Gasteiger partial charge in [-0.3, -0.25) is 14.3 Å². The molecule has 6 rings (SSSR count). The number of carbonyl (C=O) groups excluding carboxylic acids is 1. The molecule has 0 bridgehead atoms. The number of aryl methyl sites for hydroxylation is 1. The van der Waals surface area contributed by atoms with Gasteiger partial charge in [0.1, 0.15) is 11.5 Å². The van der Waals surface area contributed by atoms with Crippen LogP contribution in [0, 0.1) is 23.6 Å². The number of hydrogen-bond acceptors (Lipinski definition) is 5. The number of anilines is 1. The lowest BCUT2D eigenvalue weighted by molar-refractivity contribution is -0.144. The number of rotatable bonds is 6. The standard InChI is InChI=1S/C30H32ClF4N5O4/c1-39-14-36-24(25(39)27(41)37-19-4-7-23(32)22(31)10-19)16-8-17-11-29(44,12-18(17)9-16)21-13-40(38-26(21)30(33,34)35)20-5-2-15(3-6-20)28(42)43/h4,7,10,13-18,20,44H,2-3,5-6,8-9,11-12H2,1H3,(H,37,41)(H,42,43). The van der Waals surface area contributed by atoms with Crippen LogP contribution >= 0.6 is 11.6 Å². The number of carbonyl (C=O) groups is 2. The summed E-state index contributed by atoms with van der Waals surface area (Å²) in [6.45, 7) is 0. The molecule has 0 spiro atoms. The Hall–Kier alpha value is -3.45. The molecule has 2 unspecified atom stereocenters. The number of alkyl halides is 3. The third-order valence-corrected chi connectivity index (χ3v) is 10.00. The van der Waals surface area contributed by atoms with Crippen molar-refractivity contribution in [2.24, 2.45) is 24.8 Å². The van der Waals surface area contributed by atoms with Gasteiger partial charge in [0.05, 0.1) is 34.6 Å². The number of halogens is 5. The highest BCUT2D eigenvalue weighted by Gasteiger charge is 2.54. The molecule has 236 valence electrons. The molecule has 2 atom stereocenters. The number of fused-ring (bicyclic) bond motifs is 1. The number of carboxylic acid groups (broad SMARTS) is 1. The molecular weight excluding hydrogens is 606 g/mol. The predicted molar refractivity (Wildman–Crippen MR) is 151 cm³/mol. The molecule has 1 aromatic carbocycles. The van der Waals surface area contributed by atoms with Gasteiger partial charge in [-0.1, -0.05) is 11.6 Å². The Morgan fingerprint density at radius 2 is 1.77 bits per heavy atom. The number of benzene rings is 1. The van der Waals surface area contributed by atoms with Crippen molar-refractivity contribution in [2.75, 3.05) is 5.32 Å². The van der Waals surface area contributed by atoms with E-state index in [2.05, 4.69) is 15.4 Å². The number of hydrogen-bond donors (Lipinski definition) is 3. The predicted octanol–water partition coefficient (Wildman–Crippen LogP) is 6.29. The minimum absolute atomic E-state index is 0.0886. The molecule has 2 heterocycles. The van der Waals surface area contributed by atoms with Crippen molar-refractivity contribution in [2.45, 2.75) is 75.1 Å². The second-order valence-electron chi connectivity index (χ2n) is 12.5. The summed E-state index contributed by atoms with van der Waals surface area (Å²) in [4.78, 5) is 29.0. The van der Waals surface area contributed by atoms with Crippen LogP contribution in [0.2, 0.25) is 5.02 Å². The SMILES string of the molecule is Cn1cnc(C2CC3CC(O)(c4cn(C5CCC(C(=O)O)CC5)nc4C(F)(F)F)CC3C2)c1C(=O)Nc1ccc(F)c(Cl)c1.